The number of aromatic nitrogens is 2. The molecule has 0 aliphatic carbocycles. The van der Waals surface area contributed by atoms with E-state index in [-0.39, 0.29) is 13.2 Å². The summed E-state index contributed by atoms with van der Waals surface area (Å²) < 4.78 is 43.7. The van der Waals surface area contributed by atoms with Gasteiger partial charge in [0.05, 0.1) is 23.6 Å². The SMILES string of the molecule is CN1c2nc(-c3cccc(C(F)(F)F)c3)ccc2N2CCC1C2.O=CNc1cccc(OCCO)n1. The van der Waals surface area contributed by atoms with Crippen LogP contribution in [-0.2, 0) is 11.0 Å². The fraction of sp³-hybridized carbons (Fsp3) is 0.320. The molecule has 2 N–H and O–H groups in total. The van der Waals surface area contributed by atoms with E-state index in [9.17, 15) is 18.0 Å². The number of fused-ring (bicyclic) bond motifs is 4. The summed E-state index contributed by atoms with van der Waals surface area (Å²) >= 11 is 0. The van der Waals surface area contributed by atoms with E-state index in [1.807, 2.05) is 13.1 Å². The number of amides is 1. The second kappa shape index (κ2) is 10.8. The quantitative estimate of drug-likeness (QED) is 0.497. The van der Waals surface area contributed by atoms with Gasteiger partial charge in [0.2, 0.25) is 12.3 Å². The van der Waals surface area contributed by atoms with Crippen molar-refractivity contribution in [2.45, 2.75) is 18.6 Å². The van der Waals surface area contributed by atoms with Crippen LogP contribution in [-0.4, -0.2) is 60.9 Å². The maximum absolute atomic E-state index is 12.9. The number of carbonyl (C=O) groups excluding carboxylic acids is 1. The van der Waals surface area contributed by atoms with Gasteiger partial charge >= 0.3 is 6.18 Å². The van der Waals surface area contributed by atoms with Crippen molar-refractivity contribution in [2.24, 2.45) is 0 Å². The lowest BCUT2D eigenvalue weighted by Crippen LogP contribution is -2.40. The number of aliphatic hydroxyl groups is 1. The highest BCUT2D eigenvalue weighted by molar-refractivity contribution is 5.75. The van der Waals surface area contributed by atoms with Crippen LogP contribution in [0, 0.1) is 0 Å². The van der Waals surface area contributed by atoms with Gasteiger partial charge in [-0.2, -0.15) is 18.2 Å². The zero-order valence-electron chi connectivity index (χ0n) is 19.6. The van der Waals surface area contributed by atoms with Crippen LogP contribution in [0.1, 0.15) is 12.0 Å². The van der Waals surface area contributed by atoms with E-state index in [4.69, 9.17) is 9.84 Å². The molecule has 0 saturated carbocycles. The lowest BCUT2D eigenvalue weighted by atomic mass is 10.1. The maximum atomic E-state index is 12.9. The number of halogens is 3. The van der Waals surface area contributed by atoms with E-state index < -0.39 is 11.7 Å². The summed E-state index contributed by atoms with van der Waals surface area (Å²) in [5.74, 6) is 1.65. The minimum Gasteiger partial charge on any atom is -0.475 e. The highest BCUT2D eigenvalue weighted by Gasteiger charge is 2.35. The van der Waals surface area contributed by atoms with Gasteiger partial charge in [-0.1, -0.05) is 18.2 Å². The number of hydrogen-bond donors (Lipinski definition) is 2. The fourth-order valence-electron chi connectivity index (χ4n) is 4.20. The molecule has 2 aliphatic rings. The number of pyridine rings is 2. The van der Waals surface area contributed by atoms with Gasteiger partial charge in [-0.15, -0.1) is 0 Å². The maximum Gasteiger partial charge on any atom is 0.416 e. The Morgan fingerprint density at radius 3 is 2.72 bits per heavy atom. The van der Waals surface area contributed by atoms with E-state index >= 15 is 0 Å². The van der Waals surface area contributed by atoms with Crippen LogP contribution in [0.15, 0.2) is 54.6 Å². The van der Waals surface area contributed by atoms with Gasteiger partial charge in [0, 0.05) is 37.8 Å². The Bertz CT molecular complexity index is 1210. The van der Waals surface area contributed by atoms with Crippen LogP contribution < -0.4 is 19.9 Å². The molecule has 1 aromatic carbocycles. The van der Waals surface area contributed by atoms with Gasteiger partial charge in [-0.3, -0.25) is 4.79 Å². The predicted molar refractivity (Wildman–Crippen MR) is 130 cm³/mol. The van der Waals surface area contributed by atoms with Crippen molar-refractivity contribution >= 4 is 23.7 Å². The second-order valence-electron chi connectivity index (χ2n) is 8.31. The Morgan fingerprint density at radius 1 is 1.17 bits per heavy atom. The Labute approximate surface area is 206 Å². The first-order valence-corrected chi connectivity index (χ1v) is 11.4. The molecule has 3 aromatic rings. The van der Waals surface area contributed by atoms with E-state index in [1.54, 1.807) is 30.3 Å². The van der Waals surface area contributed by atoms with Crippen molar-refractivity contribution in [1.82, 2.24) is 9.97 Å². The molecule has 1 amide bonds. The minimum atomic E-state index is -4.34. The summed E-state index contributed by atoms with van der Waals surface area (Å²) in [6.07, 6.45) is -2.71. The lowest BCUT2D eigenvalue weighted by molar-refractivity contribution is -0.137. The van der Waals surface area contributed by atoms with Crippen LogP contribution in [0.25, 0.3) is 11.3 Å². The van der Waals surface area contributed by atoms with Gasteiger partial charge in [-0.25, -0.2) is 4.98 Å². The summed E-state index contributed by atoms with van der Waals surface area (Å²) in [5, 5.41) is 10.9. The molecule has 190 valence electrons. The average Bonchev–Trinajstić information content (AvgIpc) is 3.33. The first-order chi connectivity index (χ1) is 17.3. The molecule has 2 aromatic heterocycles. The highest BCUT2D eigenvalue weighted by atomic mass is 19.4. The van der Waals surface area contributed by atoms with Crippen LogP contribution in [0.5, 0.6) is 5.88 Å². The fourth-order valence-corrected chi connectivity index (χ4v) is 4.20. The van der Waals surface area contributed by atoms with Crippen LogP contribution in [0.4, 0.5) is 30.5 Å². The molecular weight excluding hydrogens is 475 g/mol. The number of likely N-dealkylation sites (N-methyl/N-ethyl adjacent to an activating group) is 1. The second-order valence-corrected chi connectivity index (χ2v) is 8.31. The summed E-state index contributed by atoms with van der Waals surface area (Å²) in [5.41, 5.74) is 1.48. The Morgan fingerprint density at radius 2 is 1.97 bits per heavy atom. The molecule has 1 fully saturated rings. The smallest absolute Gasteiger partial charge is 0.416 e. The standard InChI is InChI=1S/C17H16F3N3.C8H10N2O3/c1-22-13-7-8-23(10-13)15-6-5-14(21-16(15)22)11-3-2-4-12(9-11)17(18,19)20;11-4-5-13-8-3-1-2-7(10-8)9-6-12/h2-6,9,13H,7-8,10H2,1H3;1-3,6,11H,4-5H2,(H,9,10,12). The summed E-state index contributed by atoms with van der Waals surface area (Å²) in [7, 11) is 2.01. The zero-order valence-corrected chi connectivity index (χ0v) is 19.6. The number of rotatable bonds is 6. The van der Waals surface area contributed by atoms with Gasteiger partial charge in [0.15, 0.2) is 5.82 Å². The zero-order chi connectivity index (χ0) is 25.7. The van der Waals surface area contributed by atoms with Crippen molar-refractivity contribution in [2.75, 3.05) is 48.5 Å². The van der Waals surface area contributed by atoms with Crippen molar-refractivity contribution in [3.63, 3.8) is 0 Å². The minimum absolute atomic E-state index is 0.0625. The molecule has 11 heteroatoms. The van der Waals surface area contributed by atoms with Crippen molar-refractivity contribution in [1.29, 1.82) is 0 Å². The number of benzene rings is 1. The van der Waals surface area contributed by atoms with Crippen molar-refractivity contribution in [3.8, 4) is 17.1 Å². The number of aliphatic hydroxyl groups excluding tert-OH is 1. The van der Waals surface area contributed by atoms with Crippen molar-refractivity contribution < 1.29 is 27.8 Å². The largest absolute Gasteiger partial charge is 0.475 e. The van der Waals surface area contributed by atoms with Gasteiger partial charge < -0.3 is 25.0 Å². The molecule has 0 spiro atoms. The molecule has 2 bridgehead atoms. The highest BCUT2D eigenvalue weighted by Crippen LogP contribution is 2.39. The number of nitrogens with zero attached hydrogens (tertiary/aromatic N) is 4. The molecule has 1 unspecified atom stereocenters. The van der Waals surface area contributed by atoms with Gasteiger partial charge in [0.1, 0.15) is 12.4 Å². The summed E-state index contributed by atoms with van der Waals surface area (Å²) in [4.78, 5) is 23.1. The normalized spacial score (nSPS) is 16.1. The Balaban J connectivity index is 0.000000200. The third kappa shape index (κ3) is 5.68. The molecule has 8 nitrogen and oxygen atoms in total. The third-order valence-corrected chi connectivity index (χ3v) is 6.00. The van der Waals surface area contributed by atoms with E-state index in [0.717, 1.165) is 43.1 Å². The topological polar surface area (TPSA) is 90.8 Å². The number of anilines is 3. The number of carbonyl (C=O) groups is 1. The molecule has 2 aliphatic heterocycles. The van der Waals surface area contributed by atoms with Gasteiger partial charge in [0.25, 0.3) is 0 Å². The van der Waals surface area contributed by atoms with Crippen LogP contribution >= 0.6 is 0 Å². The Kier molecular flexibility index (Phi) is 7.58. The monoisotopic (exact) mass is 501 g/mol. The number of ether oxygens (including phenoxy) is 1. The van der Waals surface area contributed by atoms with E-state index in [1.165, 1.54) is 6.07 Å². The lowest BCUT2D eigenvalue weighted by Gasteiger charge is -2.34. The molecule has 5 rings (SSSR count). The molecule has 1 saturated heterocycles. The Hall–Kier alpha value is -3.86. The van der Waals surface area contributed by atoms with Crippen LogP contribution in [0.3, 0.4) is 0 Å². The van der Waals surface area contributed by atoms with E-state index in [2.05, 4.69) is 25.1 Å². The van der Waals surface area contributed by atoms with Crippen LogP contribution in [0.2, 0.25) is 0 Å². The van der Waals surface area contributed by atoms with E-state index in [0.29, 0.717) is 35.4 Å². The predicted octanol–water partition coefficient (Wildman–Crippen LogP) is 3.82. The molecule has 1 atom stereocenters. The average molecular weight is 502 g/mol. The molecule has 36 heavy (non-hydrogen) atoms. The summed E-state index contributed by atoms with van der Waals surface area (Å²) in [6.45, 7) is 2.13. The molecular formula is C25H26F3N5O3. The number of nitrogens with one attached hydrogen (secondary N) is 1. The molecule has 4 heterocycles. The number of alkyl halides is 3. The van der Waals surface area contributed by atoms with Crippen molar-refractivity contribution in [3.05, 3.63) is 60.2 Å². The third-order valence-electron chi connectivity index (χ3n) is 6.00. The molecule has 0 radical (unpaired) electrons. The first-order valence-electron chi connectivity index (χ1n) is 11.4. The number of hydrogen-bond acceptors (Lipinski definition) is 7. The first kappa shape index (κ1) is 25.2. The summed E-state index contributed by atoms with van der Waals surface area (Å²) in [6, 6.07) is 14.5. The van der Waals surface area contributed by atoms with Gasteiger partial charge in [-0.05, 0) is 36.8 Å².